The fraction of sp³-hybridized carbons (Fsp3) is 0.368. The number of aromatic nitrogens is 4. The van der Waals surface area contributed by atoms with Crippen molar-refractivity contribution in [3.8, 4) is 0 Å². The summed E-state index contributed by atoms with van der Waals surface area (Å²) in [6.45, 7) is 2.84. The second-order valence-electron chi connectivity index (χ2n) is 6.61. The van der Waals surface area contributed by atoms with Crippen LogP contribution in [0, 0.1) is 6.92 Å². The summed E-state index contributed by atoms with van der Waals surface area (Å²) >= 11 is 0. The van der Waals surface area contributed by atoms with E-state index in [1.807, 2.05) is 23.1 Å². The van der Waals surface area contributed by atoms with Crippen LogP contribution < -0.4 is 0 Å². The molecular formula is C19H21N5O. The first-order valence-electron chi connectivity index (χ1n) is 8.72. The van der Waals surface area contributed by atoms with Gasteiger partial charge in [-0.25, -0.2) is 4.98 Å². The highest BCUT2D eigenvalue weighted by atomic mass is 16.2. The molecule has 0 bridgehead atoms. The molecule has 1 aliphatic rings. The van der Waals surface area contributed by atoms with Crippen molar-refractivity contribution in [1.29, 1.82) is 0 Å². The minimum atomic E-state index is 0.0262. The Labute approximate surface area is 146 Å². The zero-order valence-corrected chi connectivity index (χ0v) is 14.3. The number of amides is 1. The second-order valence-corrected chi connectivity index (χ2v) is 6.61. The van der Waals surface area contributed by atoms with Gasteiger partial charge in [0.2, 0.25) is 5.91 Å². The molecule has 0 radical (unpaired) electrons. The van der Waals surface area contributed by atoms with Gasteiger partial charge in [0.25, 0.3) is 5.78 Å². The molecule has 1 atom stereocenters. The van der Waals surface area contributed by atoms with Gasteiger partial charge in [-0.3, -0.25) is 4.79 Å². The molecule has 3 aromatic rings. The molecule has 1 fully saturated rings. The lowest BCUT2D eigenvalue weighted by Crippen LogP contribution is -2.40. The second kappa shape index (κ2) is 6.63. The van der Waals surface area contributed by atoms with Gasteiger partial charge in [-0.2, -0.15) is 14.6 Å². The fourth-order valence-electron chi connectivity index (χ4n) is 3.64. The van der Waals surface area contributed by atoms with Gasteiger partial charge in [0.05, 0.1) is 18.2 Å². The van der Waals surface area contributed by atoms with Gasteiger partial charge in [-0.15, -0.1) is 0 Å². The highest BCUT2D eigenvalue weighted by Gasteiger charge is 2.30. The van der Waals surface area contributed by atoms with Crippen LogP contribution in [0.2, 0.25) is 0 Å². The number of hydrogen-bond donors (Lipinski definition) is 0. The van der Waals surface area contributed by atoms with E-state index in [1.54, 1.807) is 10.7 Å². The summed E-state index contributed by atoms with van der Waals surface area (Å²) < 4.78 is 1.75. The number of aryl methyl sites for hydroxylation is 1. The molecule has 128 valence electrons. The van der Waals surface area contributed by atoms with Crippen LogP contribution in [-0.4, -0.2) is 36.9 Å². The topological polar surface area (TPSA) is 63.4 Å². The first-order chi connectivity index (χ1) is 12.2. The number of piperidine rings is 1. The number of nitrogens with zero attached hydrogens (tertiary/aromatic N) is 5. The van der Waals surface area contributed by atoms with Gasteiger partial charge in [0.15, 0.2) is 0 Å². The standard InChI is InChI=1S/C19H21N5O/c1-14-5-4-6-15(11-14)12-18(25)23-10-3-2-7-16(23)17-8-9-20-19-21-13-22-24(17)19/h4-6,8-9,11,13,16H,2-3,7,10,12H2,1H3. The monoisotopic (exact) mass is 335 g/mol. The largest absolute Gasteiger partial charge is 0.334 e. The van der Waals surface area contributed by atoms with Crippen LogP contribution in [-0.2, 0) is 11.2 Å². The number of hydrogen-bond acceptors (Lipinski definition) is 4. The first kappa shape index (κ1) is 15.7. The van der Waals surface area contributed by atoms with Crippen molar-refractivity contribution < 1.29 is 4.79 Å². The number of likely N-dealkylation sites (tertiary alicyclic amines) is 1. The van der Waals surface area contributed by atoms with Crippen LogP contribution in [0.15, 0.2) is 42.9 Å². The van der Waals surface area contributed by atoms with Crippen molar-refractivity contribution in [3.63, 3.8) is 0 Å². The molecular weight excluding hydrogens is 314 g/mol. The van der Waals surface area contributed by atoms with Crippen molar-refractivity contribution in [2.45, 2.75) is 38.6 Å². The molecule has 25 heavy (non-hydrogen) atoms. The maximum atomic E-state index is 13.0. The predicted octanol–water partition coefficient (Wildman–Crippen LogP) is 2.73. The maximum Gasteiger partial charge on any atom is 0.252 e. The molecule has 1 aliphatic heterocycles. The summed E-state index contributed by atoms with van der Waals surface area (Å²) in [7, 11) is 0. The lowest BCUT2D eigenvalue weighted by atomic mass is 9.97. The zero-order chi connectivity index (χ0) is 17.2. The van der Waals surface area contributed by atoms with Crippen molar-refractivity contribution in [1.82, 2.24) is 24.5 Å². The average molecular weight is 335 g/mol. The van der Waals surface area contributed by atoms with Crippen LogP contribution in [0.4, 0.5) is 0 Å². The highest BCUT2D eigenvalue weighted by molar-refractivity contribution is 5.79. The SMILES string of the molecule is Cc1cccc(CC(=O)N2CCCCC2c2ccnc3ncnn23)c1. The van der Waals surface area contributed by atoms with Gasteiger partial charge in [0.1, 0.15) is 6.33 Å². The van der Waals surface area contributed by atoms with E-state index >= 15 is 0 Å². The number of fused-ring (bicyclic) bond motifs is 1. The summed E-state index contributed by atoms with van der Waals surface area (Å²) in [5.41, 5.74) is 3.23. The van der Waals surface area contributed by atoms with E-state index in [4.69, 9.17) is 0 Å². The summed E-state index contributed by atoms with van der Waals surface area (Å²) in [5.74, 6) is 0.745. The third-order valence-electron chi connectivity index (χ3n) is 4.81. The molecule has 6 heteroatoms. The van der Waals surface area contributed by atoms with Crippen LogP contribution in [0.5, 0.6) is 0 Å². The molecule has 6 nitrogen and oxygen atoms in total. The summed E-state index contributed by atoms with van der Waals surface area (Å²) in [6, 6.07) is 10.1. The molecule has 3 heterocycles. The molecule has 4 rings (SSSR count). The predicted molar refractivity (Wildman–Crippen MR) is 94.0 cm³/mol. The smallest absolute Gasteiger partial charge is 0.252 e. The molecule has 0 aliphatic carbocycles. The minimum absolute atomic E-state index is 0.0262. The van der Waals surface area contributed by atoms with Gasteiger partial charge in [-0.05, 0) is 37.8 Å². The van der Waals surface area contributed by atoms with Gasteiger partial charge in [-0.1, -0.05) is 29.8 Å². The molecule has 0 saturated carbocycles. The lowest BCUT2D eigenvalue weighted by Gasteiger charge is -2.36. The van der Waals surface area contributed by atoms with E-state index in [9.17, 15) is 4.79 Å². The first-order valence-corrected chi connectivity index (χ1v) is 8.72. The fourth-order valence-corrected chi connectivity index (χ4v) is 3.64. The van der Waals surface area contributed by atoms with Crippen LogP contribution >= 0.6 is 0 Å². The Kier molecular flexibility index (Phi) is 4.17. The Bertz CT molecular complexity index is 903. The Morgan fingerprint density at radius 3 is 3.04 bits per heavy atom. The summed E-state index contributed by atoms with van der Waals surface area (Å²) in [4.78, 5) is 23.4. The summed E-state index contributed by atoms with van der Waals surface area (Å²) in [5, 5.41) is 4.29. The Morgan fingerprint density at radius 1 is 1.24 bits per heavy atom. The molecule has 2 aromatic heterocycles. The Morgan fingerprint density at radius 2 is 2.16 bits per heavy atom. The number of benzene rings is 1. The number of carbonyl (C=O) groups excluding carboxylic acids is 1. The third-order valence-corrected chi connectivity index (χ3v) is 4.81. The summed E-state index contributed by atoms with van der Waals surface area (Å²) in [6.07, 6.45) is 6.78. The van der Waals surface area contributed by atoms with E-state index < -0.39 is 0 Å². The van der Waals surface area contributed by atoms with Crippen molar-refractivity contribution >= 4 is 11.7 Å². The molecule has 0 N–H and O–H groups in total. The molecule has 1 aromatic carbocycles. The van der Waals surface area contributed by atoms with Crippen molar-refractivity contribution in [2.75, 3.05) is 6.54 Å². The van der Waals surface area contributed by atoms with E-state index in [0.717, 1.165) is 37.1 Å². The molecule has 1 unspecified atom stereocenters. The van der Waals surface area contributed by atoms with Crippen molar-refractivity contribution in [2.24, 2.45) is 0 Å². The van der Waals surface area contributed by atoms with E-state index in [1.165, 1.54) is 11.9 Å². The normalized spacial score (nSPS) is 17.8. The van der Waals surface area contributed by atoms with E-state index in [0.29, 0.717) is 12.2 Å². The molecule has 1 amide bonds. The van der Waals surface area contributed by atoms with Crippen LogP contribution in [0.25, 0.3) is 5.78 Å². The lowest BCUT2D eigenvalue weighted by molar-refractivity contribution is -0.134. The number of carbonyl (C=O) groups is 1. The minimum Gasteiger partial charge on any atom is -0.334 e. The zero-order valence-electron chi connectivity index (χ0n) is 14.3. The molecule has 1 saturated heterocycles. The van der Waals surface area contributed by atoms with Crippen LogP contribution in [0.3, 0.4) is 0 Å². The van der Waals surface area contributed by atoms with Gasteiger partial charge >= 0.3 is 0 Å². The van der Waals surface area contributed by atoms with E-state index in [-0.39, 0.29) is 11.9 Å². The Balaban J connectivity index is 1.63. The van der Waals surface area contributed by atoms with Crippen LogP contribution in [0.1, 0.15) is 42.1 Å². The van der Waals surface area contributed by atoms with Gasteiger partial charge < -0.3 is 4.90 Å². The van der Waals surface area contributed by atoms with E-state index in [2.05, 4.69) is 34.1 Å². The quantitative estimate of drug-likeness (QED) is 0.738. The number of rotatable bonds is 3. The average Bonchev–Trinajstić information content (AvgIpc) is 3.10. The van der Waals surface area contributed by atoms with Crippen molar-refractivity contribution in [3.05, 3.63) is 59.7 Å². The third kappa shape index (κ3) is 3.12. The molecule has 0 spiro atoms. The highest BCUT2D eigenvalue weighted by Crippen LogP contribution is 2.31. The maximum absolute atomic E-state index is 13.0. The van der Waals surface area contributed by atoms with Gasteiger partial charge in [0, 0.05) is 12.7 Å². The Hall–Kier alpha value is -2.76.